The minimum atomic E-state index is -0.144. The zero-order valence-electron chi connectivity index (χ0n) is 16.7. The second kappa shape index (κ2) is 7.67. The topological polar surface area (TPSA) is 84.2 Å². The standard InChI is InChI=1S/C23H22N4O3/c1-29-17-5-2-4-15(10-17)11-18-13-24-22(30-18)21-6-3-9-27(21)23(28)16-7-8-19-20(12-16)26-14-25-19/h2,4-5,7-8,10,12-14,21H,3,6,9,11H2,1H3,(H,25,26). The van der Waals surface area contributed by atoms with Crippen LogP contribution in [0, 0.1) is 0 Å². The third kappa shape index (κ3) is 3.43. The number of rotatable bonds is 5. The number of amides is 1. The summed E-state index contributed by atoms with van der Waals surface area (Å²) in [6.07, 6.45) is 5.79. The van der Waals surface area contributed by atoms with Gasteiger partial charge in [-0.15, -0.1) is 0 Å². The lowest BCUT2D eigenvalue weighted by molar-refractivity contribution is 0.0714. The Morgan fingerprint density at radius 3 is 3.10 bits per heavy atom. The molecule has 152 valence electrons. The number of fused-ring (bicyclic) bond motifs is 1. The van der Waals surface area contributed by atoms with Crippen LogP contribution < -0.4 is 4.74 Å². The largest absolute Gasteiger partial charge is 0.497 e. The molecule has 3 heterocycles. The Balaban J connectivity index is 1.35. The third-order valence-corrected chi connectivity index (χ3v) is 5.55. The van der Waals surface area contributed by atoms with Crippen LogP contribution in [-0.4, -0.2) is 39.4 Å². The predicted molar refractivity (Wildman–Crippen MR) is 111 cm³/mol. The molecule has 1 aliphatic rings. The van der Waals surface area contributed by atoms with Gasteiger partial charge in [0.1, 0.15) is 17.6 Å². The fourth-order valence-corrected chi connectivity index (χ4v) is 4.04. The number of ether oxygens (including phenoxy) is 1. The second-order valence-corrected chi connectivity index (χ2v) is 7.48. The molecule has 1 atom stereocenters. The Labute approximate surface area is 173 Å². The summed E-state index contributed by atoms with van der Waals surface area (Å²) in [5, 5.41) is 0. The Morgan fingerprint density at radius 2 is 2.20 bits per heavy atom. The molecule has 30 heavy (non-hydrogen) atoms. The zero-order chi connectivity index (χ0) is 20.5. The molecule has 5 rings (SSSR count). The zero-order valence-corrected chi connectivity index (χ0v) is 16.7. The molecule has 1 N–H and O–H groups in total. The Hall–Kier alpha value is -3.61. The average Bonchev–Trinajstić information content (AvgIpc) is 3.52. The number of nitrogens with zero attached hydrogens (tertiary/aromatic N) is 3. The Bertz CT molecular complexity index is 1200. The molecular weight excluding hydrogens is 380 g/mol. The summed E-state index contributed by atoms with van der Waals surface area (Å²) in [5.74, 6) is 2.17. The number of likely N-dealkylation sites (tertiary alicyclic amines) is 1. The second-order valence-electron chi connectivity index (χ2n) is 7.48. The van der Waals surface area contributed by atoms with Crippen molar-refractivity contribution in [2.24, 2.45) is 0 Å². The highest BCUT2D eigenvalue weighted by molar-refractivity contribution is 5.97. The van der Waals surface area contributed by atoms with E-state index in [1.165, 1.54) is 0 Å². The molecule has 1 amide bonds. The molecule has 0 saturated carbocycles. The van der Waals surface area contributed by atoms with Gasteiger partial charge in [-0.2, -0.15) is 0 Å². The molecule has 1 aliphatic heterocycles. The van der Waals surface area contributed by atoms with Gasteiger partial charge in [0.2, 0.25) is 5.89 Å². The maximum absolute atomic E-state index is 13.2. The maximum atomic E-state index is 13.2. The van der Waals surface area contributed by atoms with E-state index in [4.69, 9.17) is 9.15 Å². The average molecular weight is 402 g/mol. The predicted octanol–water partition coefficient (Wildman–Crippen LogP) is 4.13. The first-order valence-electron chi connectivity index (χ1n) is 10.0. The molecule has 0 spiro atoms. The van der Waals surface area contributed by atoms with E-state index < -0.39 is 0 Å². The molecule has 2 aromatic heterocycles. The molecule has 4 aromatic rings. The summed E-state index contributed by atoms with van der Waals surface area (Å²) < 4.78 is 11.3. The van der Waals surface area contributed by atoms with E-state index in [0.29, 0.717) is 24.4 Å². The minimum absolute atomic E-state index is 0.0125. The van der Waals surface area contributed by atoms with Gasteiger partial charge >= 0.3 is 0 Å². The summed E-state index contributed by atoms with van der Waals surface area (Å²) in [7, 11) is 1.65. The molecule has 1 fully saturated rings. The van der Waals surface area contributed by atoms with E-state index in [1.54, 1.807) is 19.6 Å². The van der Waals surface area contributed by atoms with Crippen LogP contribution in [0.25, 0.3) is 11.0 Å². The van der Waals surface area contributed by atoms with E-state index in [0.717, 1.165) is 40.9 Å². The van der Waals surface area contributed by atoms with Crippen LogP contribution in [0.3, 0.4) is 0 Å². The number of oxazole rings is 1. The molecule has 0 aliphatic carbocycles. The fourth-order valence-electron chi connectivity index (χ4n) is 4.04. The molecule has 7 heteroatoms. The van der Waals surface area contributed by atoms with Crippen molar-refractivity contribution in [1.82, 2.24) is 19.9 Å². The van der Waals surface area contributed by atoms with Crippen molar-refractivity contribution in [3.63, 3.8) is 0 Å². The van der Waals surface area contributed by atoms with Gasteiger partial charge in [0.15, 0.2) is 0 Å². The number of aromatic amines is 1. The van der Waals surface area contributed by atoms with Gasteiger partial charge in [-0.1, -0.05) is 12.1 Å². The number of H-pyrrole nitrogens is 1. The summed E-state index contributed by atoms with van der Waals surface area (Å²) in [6.45, 7) is 0.693. The smallest absolute Gasteiger partial charge is 0.254 e. The van der Waals surface area contributed by atoms with Crippen LogP contribution in [0.15, 0.2) is 59.4 Å². The normalized spacial score (nSPS) is 16.3. The first-order valence-corrected chi connectivity index (χ1v) is 10.0. The number of hydrogen-bond acceptors (Lipinski definition) is 5. The highest BCUT2D eigenvalue weighted by Crippen LogP contribution is 2.33. The first kappa shape index (κ1) is 18.4. The van der Waals surface area contributed by atoms with E-state index in [9.17, 15) is 4.79 Å². The molecule has 0 radical (unpaired) electrons. The molecule has 2 aromatic carbocycles. The first-order chi connectivity index (χ1) is 14.7. The van der Waals surface area contributed by atoms with Gasteiger partial charge < -0.3 is 19.0 Å². The van der Waals surface area contributed by atoms with Crippen LogP contribution in [0.2, 0.25) is 0 Å². The van der Waals surface area contributed by atoms with Gasteiger partial charge in [-0.05, 0) is 48.7 Å². The quantitative estimate of drug-likeness (QED) is 0.543. The van der Waals surface area contributed by atoms with Crippen molar-refractivity contribution in [2.75, 3.05) is 13.7 Å². The van der Waals surface area contributed by atoms with Crippen molar-refractivity contribution in [3.05, 3.63) is 77.8 Å². The van der Waals surface area contributed by atoms with Crippen LogP contribution in [0.1, 0.15) is 46.5 Å². The molecule has 7 nitrogen and oxygen atoms in total. The SMILES string of the molecule is COc1cccc(Cc2cnc(C3CCCN3C(=O)c3ccc4nc[nH]c4c3)o2)c1. The molecule has 1 saturated heterocycles. The van der Waals surface area contributed by atoms with Crippen molar-refractivity contribution < 1.29 is 13.9 Å². The Morgan fingerprint density at radius 1 is 1.27 bits per heavy atom. The van der Waals surface area contributed by atoms with Crippen molar-refractivity contribution in [3.8, 4) is 5.75 Å². The molecular formula is C23H22N4O3. The minimum Gasteiger partial charge on any atom is -0.497 e. The van der Waals surface area contributed by atoms with Gasteiger partial charge in [-0.25, -0.2) is 9.97 Å². The van der Waals surface area contributed by atoms with E-state index in [2.05, 4.69) is 15.0 Å². The van der Waals surface area contributed by atoms with Crippen molar-refractivity contribution in [2.45, 2.75) is 25.3 Å². The van der Waals surface area contributed by atoms with Crippen molar-refractivity contribution >= 4 is 16.9 Å². The highest BCUT2D eigenvalue weighted by atomic mass is 16.5. The summed E-state index contributed by atoms with van der Waals surface area (Å²) >= 11 is 0. The van der Waals surface area contributed by atoms with Gasteiger partial charge in [0, 0.05) is 18.5 Å². The summed E-state index contributed by atoms with van der Waals surface area (Å²) in [6, 6.07) is 13.3. The third-order valence-electron chi connectivity index (χ3n) is 5.55. The van der Waals surface area contributed by atoms with E-state index in [-0.39, 0.29) is 11.9 Å². The van der Waals surface area contributed by atoms with E-state index in [1.807, 2.05) is 47.4 Å². The van der Waals surface area contributed by atoms with Crippen LogP contribution >= 0.6 is 0 Å². The lowest BCUT2D eigenvalue weighted by Crippen LogP contribution is -2.30. The number of methoxy groups -OCH3 is 1. The van der Waals surface area contributed by atoms with Gasteiger partial charge in [0.05, 0.1) is 30.7 Å². The number of benzene rings is 2. The summed E-state index contributed by atoms with van der Waals surface area (Å²) in [5.41, 5.74) is 3.43. The fraction of sp³-hybridized carbons (Fsp3) is 0.261. The van der Waals surface area contributed by atoms with Crippen LogP contribution in [-0.2, 0) is 6.42 Å². The lowest BCUT2D eigenvalue weighted by Gasteiger charge is -2.22. The number of carbonyl (C=O) groups excluding carboxylic acids is 1. The van der Waals surface area contributed by atoms with E-state index >= 15 is 0 Å². The number of hydrogen-bond donors (Lipinski definition) is 1. The van der Waals surface area contributed by atoms with Crippen molar-refractivity contribution in [1.29, 1.82) is 0 Å². The number of imidazole rings is 1. The molecule has 0 bridgehead atoms. The summed E-state index contributed by atoms with van der Waals surface area (Å²) in [4.78, 5) is 26.8. The Kier molecular flexibility index (Phi) is 4.71. The lowest BCUT2D eigenvalue weighted by atomic mass is 10.1. The van der Waals surface area contributed by atoms with Gasteiger partial charge in [-0.3, -0.25) is 4.79 Å². The maximum Gasteiger partial charge on any atom is 0.254 e. The molecule has 1 unspecified atom stereocenters. The monoisotopic (exact) mass is 402 g/mol. The van der Waals surface area contributed by atoms with Gasteiger partial charge in [0.25, 0.3) is 5.91 Å². The van der Waals surface area contributed by atoms with Crippen LogP contribution in [0.4, 0.5) is 0 Å². The van der Waals surface area contributed by atoms with Crippen LogP contribution in [0.5, 0.6) is 5.75 Å². The number of nitrogens with one attached hydrogen (secondary N) is 1. The number of carbonyl (C=O) groups is 1. The number of aromatic nitrogens is 3. The highest BCUT2D eigenvalue weighted by Gasteiger charge is 2.34.